The van der Waals surface area contributed by atoms with Crippen molar-refractivity contribution in [1.29, 1.82) is 0 Å². The van der Waals surface area contributed by atoms with Gasteiger partial charge < -0.3 is 15.5 Å². The van der Waals surface area contributed by atoms with E-state index in [-0.39, 0.29) is 29.6 Å². The summed E-state index contributed by atoms with van der Waals surface area (Å²) >= 11 is 5.79. The Bertz CT molecular complexity index is 638. The second-order valence-corrected chi connectivity index (χ2v) is 7.24. The number of carbonyl (C=O) groups excluding carboxylic acids is 3. The molecule has 1 heterocycles. The standard InChI is InChI=1S/C19H26ClN3O3/c1-13(2)19(26)23-11-7-15(8-12-23)18(25)22-10-9-21-17(24)14-3-5-16(20)6-4-14/h3-6,13,15H,7-12H2,1-2H3,(H,21,24)(H,22,25). The Labute approximate surface area is 159 Å². The monoisotopic (exact) mass is 379 g/mol. The molecule has 0 aromatic heterocycles. The van der Waals surface area contributed by atoms with Crippen molar-refractivity contribution in [2.75, 3.05) is 26.2 Å². The summed E-state index contributed by atoms with van der Waals surface area (Å²) in [6.07, 6.45) is 1.36. The highest BCUT2D eigenvalue weighted by Gasteiger charge is 2.27. The fourth-order valence-electron chi connectivity index (χ4n) is 2.94. The molecule has 0 spiro atoms. The number of rotatable bonds is 6. The highest BCUT2D eigenvalue weighted by molar-refractivity contribution is 6.30. The number of amides is 3. The van der Waals surface area contributed by atoms with Crippen LogP contribution in [0.1, 0.15) is 37.0 Å². The number of hydrogen-bond acceptors (Lipinski definition) is 3. The summed E-state index contributed by atoms with van der Waals surface area (Å²) in [5, 5.41) is 6.20. The van der Waals surface area contributed by atoms with Gasteiger partial charge in [0.15, 0.2) is 0 Å². The molecule has 0 radical (unpaired) electrons. The molecule has 1 aromatic rings. The molecule has 0 saturated carbocycles. The van der Waals surface area contributed by atoms with Gasteiger partial charge in [0.25, 0.3) is 5.91 Å². The van der Waals surface area contributed by atoms with Gasteiger partial charge in [0.05, 0.1) is 0 Å². The van der Waals surface area contributed by atoms with Crippen LogP contribution < -0.4 is 10.6 Å². The number of hydrogen-bond donors (Lipinski definition) is 2. The van der Waals surface area contributed by atoms with Crippen molar-refractivity contribution in [3.8, 4) is 0 Å². The van der Waals surface area contributed by atoms with Crippen LogP contribution in [0.3, 0.4) is 0 Å². The molecule has 0 atom stereocenters. The molecule has 0 unspecified atom stereocenters. The lowest BCUT2D eigenvalue weighted by atomic mass is 9.95. The fraction of sp³-hybridized carbons (Fsp3) is 0.526. The maximum atomic E-state index is 12.2. The molecular formula is C19H26ClN3O3. The molecule has 142 valence electrons. The average Bonchev–Trinajstić information content (AvgIpc) is 2.64. The van der Waals surface area contributed by atoms with Gasteiger partial charge in [-0.2, -0.15) is 0 Å². The number of piperidine rings is 1. The van der Waals surface area contributed by atoms with Crippen LogP contribution in [-0.2, 0) is 9.59 Å². The predicted octanol–water partition coefficient (Wildman–Crippen LogP) is 2.08. The van der Waals surface area contributed by atoms with Crippen LogP contribution in [0.5, 0.6) is 0 Å². The van der Waals surface area contributed by atoms with Crippen molar-refractivity contribution in [2.45, 2.75) is 26.7 Å². The van der Waals surface area contributed by atoms with E-state index in [9.17, 15) is 14.4 Å². The first kappa shape index (κ1) is 20.2. The van der Waals surface area contributed by atoms with Gasteiger partial charge in [0, 0.05) is 48.6 Å². The maximum absolute atomic E-state index is 12.2. The third-order valence-corrected chi connectivity index (χ3v) is 4.74. The zero-order valence-corrected chi connectivity index (χ0v) is 16.0. The predicted molar refractivity (Wildman–Crippen MR) is 101 cm³/mol. The lowest BCUT2D eigenvalue weighted by molar-refractivity contribution is -0.138. The van der Waals surface area contributed by atoms with Crippen molar-refractivity contribution >= 4 is 29.3 Å². The van der Waals surface area contributed by atoms with E-state index < -0.39 is 0 Å². The van der Waals surface area contributed by atoms with Gasteiger partial charge in [-0.05, 0) is 37.1 Å². The molecule has 3 amide bonds. The Morgan fingerprint density at radius 2 is 1.65 bits per heavy atom. The molecule has 1 aliphatic rings. The van der Waals surface area contributed by atoms with Gasteiger partial charge >= 0.3 is 0 Å². The summed E-state index contributed by atoms with van der Waals surface area (Å²) in [7, 11) is 0. The van der Waals surface area contributed by atoms with Crippen molar-refractivity contribution in [3.63, 3.8) is 0 Å². The molecule has 1 aliphatic heterocycles. The van der Waals surface area contributed by atoms with E-state index in [0.717, 1.165) is 0 Å². The van der Waals surface area contributed by atoms with E-state index in [1.807, 2.05) is 18.7 Å². The molecular weight excluding hydrogens is 354 g/mol. The molecule has 2 rings (SSSR count). The number of nitrogens with one attached hydrogen (secondary N) is 2. The van der Waals surface area contributed by atoms with Gasteiger partial charge in [0.1, 0.15) is 0 Å². The second-order valence-electron chi connectivity index (χ2n) is 6.81. The first-order valence-corrected chi connectivity index (χ1v) is 9.36. The SMILES string of the molecule is CC(C)C(=O)N1CCC(C(=O)NCCNC(=O)c2ccc(Cl)cc2)CC1. The summed E-state index contributed by atoms with van der Waals surface area (Å²) in [5.41, 5.74) is 0.530. The number of nitrogens with zero attached hydrogens (tertiary/aromatic N) is 1. The number of likely N-dealkylation sites (tertiary alicyclic amines) is 1. The lowest BCUT2D eigenvalue weighted by Crippen LogP contribution is -2.45. The van der Waals surface area contributed by atoms with Crippen molar-refractivity contribution in [2.24, 2.45) is 11.8 Å². The van der Waals surface area contributed by atoms with E-state index in [1.54, 1.807) is 24.3 Å². The first-order chi connectivity index (χ1) is 12.4. The van der Waals surface area contributed by atoms with E-state index in [4.69, 9.17) is 11.6 Å². The van der Waals surface area contributed by atoms with Crippen molar-refractivity contribution < 1.29 is 14.4 Å². The Morgan fingerprint density at radius 1 is 1.08 bits per heavy atom. The topological polar surface area (TPSA) is 78.5 Å². The summed E-state index contributed by atoms with van der Waals surface area (Å²) in [6, 6.07) is 6.63. The quantitative estimate of drug-likeness (QED) is 0.743. The second kappa shape index (κ2) is 9.57. The Kier molecular flexibility index (Phi) is 7.45. The average molecular weight is 380 g/mol. The van der Waals surface area contributed by atoms with Crippen LogP contribution in [0.25, 0.3) is 0 Å². The largest absolute Gasteiger partial charge is 0.354 e. The van der Waals surface area contributed by atoms with Crippen LogP contribution in [0.4, 0.5) is 0 Å². The Balaban J connectivity index is 1.66. The molecule has 1 saturated heterocycles. The summed E-state index contributed by atoms with van der Waals surface area (Å²) in [4.78, 5) is 38.0. The van der Waals surface area contributed by atoms with Crippen LogP contribution in [0.15, 0.2) is 24.3 Å². The van der Waals surface area contributed by atoms with Crippen LogP contribution >= 0.6 is 11.6 Å². The number of carbonyl (C=O) groups is 3. The third kappa shape index (κ3) is 5.73. The Morgan fingerprint density at radius 3 is 2.23 bits per heavy atom. The highest BCUT2D eigenvalue weighted by Crippen LogP contribution is 2.18. The highest BCUT2D eigenvalue weighted by atomic mass is 35.5. The zero-order chi connectivity index (χ0) is 19.1. The molecule has 26 heavy (non-hydrogen) atoms. The van der Waals surface area contributed by atoms with E-state index >= 15 is 0 Å². The first-order valence-electron chi connectivity index (χ1n) is 8.98. The zero-order valence-electron chi connectivity index (χ0n) is 15.3. The van der Waals surface area contributed by atoms with E-state index in [2.05, 4.69) is 10.6 Å². The van der Waals surface area contributed by atoms with E-state index in [0.29, 0.717) is 49.6 Å². The van der Waals surface area contributed by atoms with Crippen molar-refractivity contribution in [3.05, 3.63) is 34.9 Å². The fourth-order valence-corrected chi connectivity index (χ4v) is 3.06. The summed E-state index contributed by atoms with van der Waals surface area (Å²) in [6.45, 7) is 5.77. The lowest BCUT2D eigenvalue weighted by Gasteiger charge is -2.32. The van der Waals surface area contributed by atoms with Gasteiger partial charge in [-0.3, -0.25) is 14.4 Å². The smallest absolute Gasteiger partial charge is 0.251 e. The summed E-state index contributed by atoms with van der Waals surface area (Å²) in [5.74, 6) is -0.143. The minimum absolute atomic E-state index is 0.00960. The minimum Gasteiger partial charge on any atom is -0.354 e. The minimum atomic E-state index is -0.198. The van der Waals surface area contributed by atoms with Gasteiger partial charge in [-0.15, -0.1) is 0 Å². The molecule has 7 heteroatoms. The molecule has 0 aliphatic carbocycles. The number of benzene rings is 1. The molecule has 1 aromatic carbocycles. The summed E-state index contributed by atoms with van der Waals surface area (Å²) < 4.78 is 0. The molecule has 6 nitrogen and oxygen atoms in total. The van der Waals surface area contributed by atoms with Gasteiger partial charge in [0.2, 0.25) is 11.8 Å². The van der Waals surface area contributed by atoms with Gasteiger partial charge in [-0.1, -0.05) is 25.4 Å². The van der Waals surface area contributed by atoms with E-state index in [1.165, 1.54) is 0 Å². The van der Waals surface area contributed by atoms with Gasteiger partial charge in [-0.25, -0.2) is 0 Å². The van der Waals surface area contributed by atoms with Crippen LogP contribution in [-0.4, -0.2) is 48.8 Å². The Hall–Kier alpha value is -2.08. The molecule has 0 bridgehead atoms. The third-order valence-electron chi connectivity index (χ3n) is 4.49. The van der Waals surface area contributed by atoms with Crippen LogP contribution in [0, 0.1) is 11.8 Å². The maximum Gasteiger partial charge on any atom is 0.251 e. The van der Waals surface area contributed by atoms with Crippen LogP contribution in [0.2, 0.25) is 5.02 Å². The normalized spacial score (nSPS) is 15.0. The number of halogens is 1. The molecule has 1 fully saturated rings. The van der Waals surface area contributed by atoms with Crippen molar-refractivity contribution in [1.82, 2.24) is 15.5 Å². The molecule has 2 N–H and O–H groups in total.